The van der Waals surface area contributed by atoms with Gasteiger partial charge in [-0.15, -0.1) is 0 Å². The Kier molecular flexibility index (Phi) is 6.58. The molecule has 2 aromatic rings. The number of hydrogen-bond donors (Lipinski definition) is 2. The van der Waals surface area contributed by atoms with E-state index in [1.807, 2.05) is 20.8 Å². The van der Waals surface area contributed by atoms with Gasteiger partial charge in [-0.3, -0.25) is 4.79 Å². The van der Waals surface area contributed by atoms with Gasteiger partial charge in [-0.2, -0.15) is 0 Å². The van der Waals surface area contributed by atoms with Gasteiger partial charge in [0.1, 0.15) is 23.9 Å². The van der Waals surface area contributed by atoms with Crippen LogP contribution in [-0.4, -0.2) is 39.3 Å². The van der Waals surface area contributed by atoms with Crippen LogP contribution < -0.4 is 29.7 Å². The Balaban J connectivity index is 1.82. The summed E-state index contributed by atoms with van der Waals surface area (Å²) in [5.74, 6) is 1.75. The van der Waals surface area contributed by atoms with Gasteiger partial charge in [0.2, 0.25) is 5.91 Å². The largest absolute Gasteiger partial charge is 0.497 e. The maximum Gasteiger partial charge on any atom is 0.323 e. The number of ether oxygens (including phenoxy) is 3. The second-order valence-electron chi connectivity index (χ2n) is 7.99. The number of methoxy groups -OCH3 is 2. The number of anilines is 3. The summed E-state index contributed by atoms with van der Waals surface area (Å²) in [7, 11) is 3.09. The van der Waals surface area contributed by atoms with Crippen molar-refractivity contribution in [3.05, 3.63) is 36.4 Å². The van der Waals surface area contributed by atoms with Gasteiger partial charge >= 0.3 is 6.03 Å². The summed E-state index contributed by atoms with van der Waals surface area (Å²) in [5.41, 5.74) is 1.09. The van der Waals surface area contributed by atoms with Crippen LogP contribution in [0.25, 0.3) is 0 Å². The Morgan fingerprint density at radius 1 is 1.06 bits per heavy atom. The summed E-state index contributed by atoms with van der Waals surface area (Å²) in [6.45, 7) is 6.63. The Hall–Kier alpha value is -3.42. The van der Waals surface area contributed by atoms with E-state index < -0.39 is 11.4 Å². The van der Waals surface area contributed by atoms with E-state index in [1.54, 1.807) is 55.5 Å². The fraction of sp³-hybridized carbons (Fsp3) is 0.391. The summed E-state index contributed by atoms with van der Waals surface area (Å²) in [4.78, 5) is 27.3. The first-order valence-electron chi connectivity index (χ1n) is 10.2. The van der Waals surface area contributed by atoms with Gasteiger partial charge in [-0.05, 0) is 38.5 Å². The second-order valence-corrected chi connectivity index (χ2v) is 7.99. The van der Waals surface area contributed by atoms with Crippen LogP contribution in [0.3, 0.4) is 0 Å². The molecular formula is C23H29N3O5. The zero-order valence-corrected chi connectivity index (χ0v) is 18.6. The molecule has 0 spiro atoms. The Labute approximate surface area is 182 Å². The number of rotatable bonds is 6. The van der Waals surface area contributed by atoms with Crippen molar-refractivity contribution in [2.75, 3.05) is 42.9 Å². The third-order valence-electron chi connectivity index (χ3n) is 4.98. The van der Waals surface area contributed by atoms with Gasteiger partial charge in [-0.1, -0.05) is 6.92 Å². The van der Waals surface area contributed by atoms with Crippen LogP contribution >= 0.6 is 0 Å². The summed E-state index contributed by atoms with van der Waals surface area (Å²) >= 11 is 0. The van der Waals surface area contributed by atoms with Crippen molar-refractivity contribution >= 4 is 29.0 Å². The van der Waals surface area contributed by atoms with Crippen LogP contribution in [0.2, 0.25) is 0 Å². The molecule has 3 amide bonds. The van der Waals surface area contributed by atoms with Gasteiger partial charge in [0.05, 0.1) is 25.3 Å². The molecule has 0 atom stereocenters. The van der Waals surface area contributed by atoms with Crippen molar-refractivity contribution in [1.82, 2.24) is 0 Å². The standard InChI is InChI=1S/C23H29N3O5/c1-6-9-26-19-12-15(7-8-20(19)31-14-23(2,3)21(26)27)24-22(28)25-16-10-17(29-4)13-18(11-16)30-5/h7-8,10-13H,6,9,14H2,1-5H3,(H2,24,25,28). The highest BCUT2D eigenvalue weighted by Crippen LogP contribution is 2.38. The molecule has 0 radical (unpaired) electrons. The fourth-order valence-corrected chi connectivity index (χ4v) is 3.34. The molecule has 1 aliphatic rings. The molecular weight excluding hydrogens is 398 g/mol. The van der Waals surface area contributed by atoms with Crippen LogP contribution in [0.1, 0.15) is 27.2 Å². The molecule has 0 aliphatic carbocycles. The molecule has 0 aromatic heterocycles. The van der Waals surface area contributed by atoms with Gasteiger partial charge < -0.3 is 29.7 Å². The first-order valence-corrected chi connectivity index (χ1v) is 10.2. The molecule has 0 bridgehead atoms. The van der Waals surface area contributed by atoms with Gasteiger partial charge in [-0.25, -0.2) is 4.79 Å². The van der Waals surface area contributed by atoms with E-state index >= 15 is 0 Å². The van der Waals surface area contributed by atoms with Crippen molar-refractivity contribution in [1.29, 1.82) is 0 Å². The summed E-state index contributed by atoms with van der Waals surface area (Å²) < 4.78 is 16.4. The SMILES string of the molecule is CCCN1C(=O)C(C)(C)COc2ccc(NC(=O)Nc3cc(OC)cc(OC)c3)cc21. The van der Waals surface area contributed by atoms with E-state index in [4.69, 9.17) is 14.2 Å². The third kappa shape index (κ3) is 5.02. The van der Waals surface area contributed by atoms with Crippen molar-refractivity contribution in [2.45, 2.75) is 27.2 Å². The van der Waals surface area contributed by atoms with Crippen LogP contribution in [-0.2, 0) is 4.79 Å². The summed E-state index contributed by atoms with van der Waals surface area (Å²) in [6.07, 6.45) is 0.803. The lowest BCUT2D eigenvalue weighted by Crippen LogP contribution is -2.42. The topological polar surface area (TPSA) is 89.1 Å². The number of hydrogen-bond acceptors (Lipinski definition) is 5. The molecule has 2 N–H and O–H groups in total. The average Bonchev–Trinajstić information content (AvgIpc) is 2.83. The normalized spacial score (nSPS) is 14.7. The number of nitrogens with one attached hydrogen (secondary N) is 2. The van der Waals surface area contributed by atoms with Crippen molar-refractivity contribution in [2.24, 2.45) is 5.41 Å². The lowest BCUT2D eigenvalue weighted by Gasteiger charge is -2.27. The highest BCUT2D eigenvalue weighted by Gasteiger charge is 2.37. The number of benzene rings is 2. The quantitative estimate of drug-likeness (QED) is 0.708. The van der Waals surface area contributed by atoms with E-state index in [1.165, 1.54) is 0 Å². The van der Waals surface area contributed by atoms with Gasteiger partial charge in [0.25, 0.3) is 0 Å². The predicted molar refractivity (Wildman–Crippen MR) is 121 cm³/mol. The molecule has 0 fully saturated rings. The molecule has 1 heterocycles. The van der Waals surface area contributed by atoms with Gasteiger partial charge in [0, 0.05) is 36.1 Å². The minimum atomic E-state index is -0.634. The van der Waals surface area contributed by atoms with Crippen molar-refractivity contribution in [3.8, 4) is 17.2 Å². The minimum absolute atomic E-state index is 0.00169. The number of urea groups is 1. The zero-order chi connectivity index (χ0) is 22.6. The molecule has 0 saturated heterocycles. The van der Waals surface area contributed by atoms with Crippen LogP contribution in [0, 0.1) is 5.41 Å². The minimum Gasteiger partial charge on any atom is -0.497 e. The molecule has 166 valence electrons. The van der Waals surface area contributed by atoms with Crippen LogP contribution in [0.5, 0.6) is 17.2 Å². The average molecular weight is 428 g/mol. The number of fused-ring (bicyclic) bond motifs is 1. The second kappa shape index (κ2) is 9.16. The van der Waals surface area contributed by atoms with E-state index in [0.717, 1.165) is 6.42 Å². The Bertz CT molecular complexity index is 951. The molecule has 8 heteroatoms. The van der Waals surface area contributed by atoms with E-state index in [-0.39, 0.29) is 5.91 Å². The van der Waals surface area contributed by atoms with Crippen molar-refractivity contribution < 1.29 is 23.8 Å². The molecule has 8 nitrogen and oxygen atoms in total. The summed E-state index contributed by atoms with van der Waals surface area (Å²) in [5, 5.41) is 5.58. The number of carbonyl (C=O) groups excluding carboxylic acids is 2. The number of nitrogens with zero attached hydrogens (tertiary/aromatic N) is 1. The molecule has 2 aromatic carbocycles. The van der Waals surface area contributed by atoms with E-state index in [2.05, 4.69) is 10.6 Å². The maximum atomic E-state index is 13.0. The molecule has 0 saturated carbocycles. The monoisotopic (exact) mass is 427 g/mol. The first kappa shape index (κ1) is 22.3. The third-order valence-corrected chi connectivity index (χ3v) is 4.98. The fourth-order valence-electron chi connectivity index (χ4n) is 3.34. The van der Waals surface area contributed by atoms with Crippen LogP contribution in [0.4, 0.5) is 21.9 Å². The molecule has 1 aliphatic heterocycles. The predicted octanol–water partition coefficient (Wildman–Crippen LogP) is 4.51. The zero-order valence-electron chi connectivity index (χ0n) is 18.6. The Morgan fingerprint density at radius 3 is 2.32 bits per heavy atom. The Morgan fingerprint density at radius 2 is 1.71 bits per heavy atom. The van der Waals surface area contributed by atoms with Crippen LogP contribution in [0.15, 0.2) is 36.4 Å². The summed E-state index contributed by atoms with van der Waals surface area (Å²) in [6, 6.07) is 9.95. The van der Waals surface area contributed by atoms with E-state index in [9.17, 15) is 9.59 Å². The number of amides is 3. The molecule has 31 heavy (non-hydrogen) atoms. The van der Waals surface area contributed by atoms with Gasteiger partial charge in [0.15, 0.2) is 0 Å². The lowest BCUT2D eigenvalue weighted by atomic mass is 9.93. The smallest absolute Gasteiger partial charge is 0.323 e. The van der Waals surface area contributed by atoms with E-state index in [0.29, 0.717) is 47.5 Å². The number of carbonyl (C=O) groups is 2. The highest BCUT2D eigenvalue weighted by molar-refractivity contribution is 6.02. The lowest BCUT2D eigenvalue weighted by molar-refractivity contribution is -0.127. The van der Waals surface area contributed by atoms with Crippen molar-refractivity contribution in [3.63, 3.8) is 0 Å². The molecule has 3 rings (SSSR count). The first-order chi connectivity index (χ1) is 14.8. The maximum absolute atomic E-state index is 13.0. The molecule has 0 unspecified atom stereocenters. The highest BCUT2D eigenvalue weighted by atomic mass is 16.5.